The molecular weight excluding hydrogens is 304 g/mol. The molecule has 2 rings (SSSR count). The lowest BCUT2D eigenvalue weighted by Crippen LogP contribution is -2.02. The zero-order chi connectivity index (χ0) is 13.7. The summed E-state index contributed by atoms with van der Waals surface area (Å²) in [4.78, 5) is 8.56. The number of nitrogens with zero attached hydrogens (tertiary/aromatic N) is 2. The minimum absolute atomic E-state index is 0.253. The summed E-state index contributed by atoms with van der Waals surface area (Å²) in [6.45, 7) is 2.17. The van der Waals surface area contributed by atoms with Crippen LogP contribution < -0.4 is 4.74 Å². The predicted molar refractivity (Wildman–Crippen MR) is 79.8 cm³/mol. The Morgan fingerprint density at radius 3 is 2.79 bits per heavy atom. The first kappa shape index (κ1) is 14.0. The van der Waals surface area contributed by atoms with Crippen molar-refractivity contribution in [1.82, 2.24) is 9.97 Å². The first-order valence-corrected chi connectivity index (χ1v) is 7.23. The molecule has 0 aliphatic heterocycles. The lowest BCUT2D eigenvalue weighted by Gasteiger charge is -2.14. The highest BCUT2D eigenvalue weighted by Gasteiger charge is 2.13. The van der Waals surface area contributed by atoms with Crippen molar-refractivity contribution in [2.45, 2.75) is 24.6 Å². The maximum Gasteiger partial charge on any atom is 0.216 e. The van der Waals surface area contributed by atoms with E-state index in [-0.39, 0.29) is 4.83 Å². The van der Waals surface area contributed by atoms with Gasteiger partial charge in [0.2, 0.25) is 5.88 Å². The van der Waals surface area contributed by atoms with Gasteiger partial charge in [-0.1, -0.05) is 47.1 Å². The highest BCUT2D eigenvalue weighted by molar-refractivity contribution is 9.09. The Kier molecular flexibility index (Phi) is 4.91. The number of hydrogen-bond donors (Lipinski definition) is 0. The minimum atomic E-state index is 0.253. The fourth-order valence-corrected chi connectivity index (χ4v) is 2.83. The van der Waals surface area contributed by atoms with Crippen LogP contribution in [-0.2, 0) is 12.8 Å². The molecule has 1 unspecified atom stereocenters. The van der Waals surface area contributed by atoms with Gasteiger partial charge in [0.25, 0.3) is 0 Å². The SMILES string of the molecule is CCc1ccccc1C(Br)Cc1cc(OC)ncn1. The number of benzene rings is 1. The molecular formula is C15H17BrN2O. The van der Waals surface area contributed by atoms with Crippen LogP contribution in [0.2, 0.25) is 0 Å². The molecule has 1 heterocycles. The van der Waals surface area contributed by atoms with E-state index in [2.05, 4.69) is 57.1 Å². The van der Waals surface area contributed by atoms with Gasteiger partial charge in [-0.3, -0.25) is 0 Å². The van der Waals surface area contributed by atoms with Crippen molar-refractivity contribution in [3.05, 3.63) is 53.5 Å². The summed E-state index contributed by atoms with van der Waals surface area (Å²) in [5.41, 5.74) is 3.66. The summed E-state index contributed by atoms with van der Waals surface area (Å²) in [6, 6.07) is 10.4. The second-order valence-electron chi connectivity index (χ2n) is 4.28. The Balaban J connectivity index is 2.18. The molecule has 1 aromatic carbocycles. The summed E-state index contributed by atoms with van der Waals surface area (Å²) < 4.78 is 5.12. The summed E-state index contributed by atoms with van der Waals surface area (Å²) >= 11 is 3.76. The van der Waals surface area contributed by atoms with Gasteiger partial charge in [-0.05, 0) is 17.5 Å². The zero-order valence-electron chi connectivity index (χ0n) is 11.1. The van der Waals surface area contributed by atoms with Gasteiger partial charge in [0, 0.05) is 23.0 Å². The predicted octanol–water partition coefficient (Wildman–Crippen LogP) is 3.73. The van der Waals surface area contributed by atoms with Crippen molar-refractivity contribution < 1.29 is 4.74 Å². The van der Waals surface area contributed by atoms with E-state index in [1.54, 1.807) is 13.4 Å². The Bertz CT molecular complexity index is 545. The van der Waals surface area contributed by atoms with E-state index < -0.39 is 0 Å². The molecule has 0 amide bonds. The second kappa shape index (κ2) is 6.66. The number of aryl methyl sites for hydroxylation is 1. The lowest BCUT2D eigenvalue weighted by atomic mass is 10.00. The maximum atomic E-state index is 5.12. The van der Waals surface area contributed by atoms with Crippen LogP contribution in [0.15, 0.2) is 36.7 Å². The fourth-order valence-electron chi connectivity index (χ4n) is 2.06. The number of hydrogen-bond acceptors (Lipinski definition) is 3. The molecule has 3 nitrogen and oxygen atoms in total. The molecule has 0 radical (unpaired) electrons. The summed E-state index contributed by atoms with van der Waals surface area (Å²) in [7, 11) is 1.62. The maximum absolute atomic E-state index is 5.12. The van der Waals surface area contributed by atoms with E-state index in [0.717, 1.165) is 18.5 Å². The topological polar surface area (TPSA) is 35.0 Å². The van der Waals surface area contributed by atoms with Crippen LogP contribution in [0.3, 0.4) is 0 Å². The smallest absolute Gasteiger partial charge is 0.216 e. The van der Waals surface area contributed by atoms with Crippen LogP contribution in [0.5, 0.6) is 5.88 Å². The molecule has 0 aliphatic carbocycles. The molecule has 1 atom stereocenters. The van der Waals surface area contributed by atoms with Gasteiger partial charge in [0.15, 0.2) is 0 Å². The van der Waals surface area contributed by atoms with Gasteiger partial charge in [-0.25, -0.2) is 9.97 Å². The van der Waals surface area contributed by atoms with E-state index in [9.17, 15) is 0 Å². The standard InChI is InChI=1S/C15H17BrN2O/c1-3-11-6-4-5-7-13(11)14(16)8-12-9-15(19-2)18-10-17-12/h4-7,9-10,14H,3,8H2,1-2H3. The Morgan fingerprint density at radius 2 is 2.05 bits per heavy atom. The van der Waals surface area contributed by atoms with Crippen LogP contribution in [0.1, 0.15) is 28.6 Å². The molecule has 0 saturated carbocycles. The molecule has 0 spiro atoms. The van der Waals surface area contributed by atoms with Gasteiger partial charge in [0.1, 0.15) is 6.33 Å². The Hall–Kier alpha value is -1.42. The normalized spacial score (nSPS) is 12.2. The Labute approximate surface area is 122 Å². The molecule has 1 aromatic heterocycles. The van der Waals surface area contributed by atoms with Crippen LogP contribution in [0.25, 0.3) is 0 Å². The molecule has 100 valence electrons. The van der Waals surface area contributed by atoms with Gasteiger partial charge in [-0.2, -0.15) is 0 Å². The number of aromatic nitrogens is 2. The van der Waals surface area contributed by atoms with Crippen LogP contribution in [0.4, 0.5) is 0 Å². The highest BCUT2D eigenvalue weighted by Crippen LogP contribution is 2.29. The van der Waals surface area contributed by atoms with E-state index in [4.69, 9.17) is 4.74 Å². The van der Waals surface area contributed by atoms with Crippen LogP contribution in [-0.4, -0.2) is 17.1 Å². The van der Waals surface area contributed by atoms with Gasteiger partial charge >= 0.3 is 0 Å². The number of alkyl halides is 1. The third-order valence-electron chi connectivity index (χ3n) is 3.07. The number of ether oxygens (including phenoxy) is 1. The van der Waals surface area contributed by atoms with Crippen molar-refractivity contribution in [1.29, 1.82) is 0 Å². The molecule has 0 aliphatic rings. The van der Waals surface area contributed by atoms with Crippen molar-refractivity contribution in [3.8, 4) is 5.88 Å². The summed E-state index contributed by atoms with van der Waals surface area (Å²) in [5, 5.41) is 0. The van der Waals surface area contributed by atoms with E-state index in [0.29, 0.717) is 5.88 Å². The average Bonchev–Trinajstić information content (AvgIpc) is 2.47. The number of halogens is 1. The average molecular weight is 321 g/mol. The quantitative estimate of drug-likeness (QED) is 0.787. The highest BCUT2D eigenvalue weighted by atomic mass is 79.9. The van der Waals surface area contributed by atoms with Gasteiger partial charge in [-0.15, -0.1) is 0 Å². The molecule has 0 N–H and O–H groups in total. The largest absolute Gasteiger partial charge is 0.481 e. The van der Waals surface area contributed by atoms with Crippen LogP contribution in [0, 0.1) is 0 Å². The third-order valence-corrected chi connectivity index (χ3v) is 3.89. The molecule has 0 fully saturated rings. The monoisotopic (exact) mass is 320 g/mol. The summed E-state index contributed by atoms with van der Waals surface area (Å²) in [5.74, 6) is 0.605. The fraction of sp³-hybridized carbons (Fsp3) is 0.333. The zero-order valence-corrected chi connectivity index (χ0v) is 12.7. The molecule has 0 bridgehead atoms. The van der Waals surface area contributed by atoms with Crippen molar-refractivity contribution in [3.63, 3.8) is 0 Å². The van der Waals surface area contributed by atoms with Crippen molar-refractivity contribution >= 4 is 15.9 Å². The van der Waals surface area contributed by atoms with E-state index in [1.807, 2.05) is 6.07 Å². The van der Waals surface area contributed by atoms with Gasteiger partial charge < -0.3 is 4.74 Å². The van der Waals surface area contributed by atoms with Crippen LogP contribution >= 0.6 is 15.9 Å². The van der Waals surface area contributed by atoms with Gasteiger partial charge in [0.05, 0.1) is 7.11 Å². The molecule has 0 saturated heterocycles. The third kappa shape index (κ3) is 3.53. The summed E-state index contributed by atoms with van der Waals surface area (Å²) in [6.07, 6.45) is 3.39. The lowest BCUT2D eigenvalue weighted by molar-refractivity contribution is 0.396. The number of rotatable bonds is 5. The number of methoxy groups -OCH3 is 1. The second-order valence-corrected chi connectivity index (χ2v) is 5.38. The molecule has 2 aromatic rings. The minimum Gasteiger partial charge on any atom is -0.481 e. The van der Waals surface area contributed by atoms with Crippen molar-refractivity contribution in [2.24, 2.45) is 0 Å². The van der Waals surface area contributed by atoms with Crippen molar-refractivity contribution in [2.75, 3.05) is 7.11 Å². The van der Waals surface area contributed by atoms with E-state index in [1.165, 1.54) is 11.1 Å². The molecule has 19 heavy (non-hydrogen) atoms. The first-order chi connectivity index (χ1) is 9.24. The molecule has 4 heteroatoms. The van der Waals surface area contributed by atoms with E-state index >= 15 is 0 Å². The Morgan fingerprint density at radius 1 is 1.26 bits per heavy atom. The first-order valence-electron chi connectivity index (χ1n) is 6.31.